The van der Waals surface area contributed by atoms with Crippen molar-refractivity contribution in [2.24, 2.45) is 5.92 Å². The normalized spacial score (nSPS) is 31.7. The molecule has 0 spiro atoms. The Labute approximate surface area is 142 Å². The highest BCUT2D eigenvalue weighted by Gasteiger charge is 2.70. The van der Waals surface area contributed by atoms with Crippen LogP contribution in [0.2, 0.25) is 5.21 Å². The molecule has 6 heteroatoms. The van der Waals surface area contributed by atoms with Crippen molar-refractivity contribution in [2.75, 3.05) is 0 Å². The van der Waals surface area contributed by atoms with Gasteiger partial charge in [-0.3, -0.25) is 0 Å². The first-order chi connectivity index (χ1) is 10.2. The van der Waals surface area contributed by atoms with Gasteiger partial charge in [-0.05, 0) is 61.3 Å². The molecule has 2 aliphatic heterocycles. The molecule has 4 nitrogen and oxygen atoms in total. The molecular formula is C17H32B2O4. The van der Waals surface area contributed by atoms with Gasteiger partial charge in [-0.1, -0.05) is 19.8 Å². The van der Waals surface area contributed by atoms with Gasteiger partial charge >= 0.3 is 14.2 Å². The van der Waals surface area contributed by atoms with Gasteiger partial charge in [0.1, 0.15) is 0 Å². The van der Waals surface area contributed by atoms with Gasteiger partial charge in [0.25, 0.3) is 0 Å². The highest BCUT2D eigenvalue weighted by atomic mass is 16.7. The molecule has 130 valence electrons. The van der Waals surface area contributed by atoms with Crippen molar-refractivity contribution in [1.82, 2.24) is 0 Å². The maximum atomic E-state index is 6.40. The molecule has 0 aromatic rings. The van der Waals surface area contributed by atoms with Gasteiger partial charge in [0, 0.05) is 5.21 Å². The molecule has 3 fully saturated rings. The van der Waals surface area contributed by atoms with E-state index in [4.69, 9.17) is 18.6 Å². The first kappa shape index (κ1) is 17.8. The summed E-state index contributed by atoms with van der Waals surface area (Å²) in [6.45, 7) is 19.0. The lowest BCUT2D eigenvalue weighted by Crippen LogP contribution is -2.48. The van der Waals surface area contributed by atoms with Crippen LogP contribution in [0.3, 0.4) is 0 Å². The second kappa shape index (κ2) is 4.78. The van der Waals surface area contributed by atoms with Crippen LogP contribution in [0.4, 0.5) is 0 Å². The molecule has 1 aliphatic carbocycles. The number of hydrogen-bond acceptors (Lipinski definition) is 4. The Kier molecular flexibility index (Phi) is 3.69. The third-order valence-electron chi connectivity index (χ3n) is 6.98. The summed E-state index contributed by atoms with van der Waals surface area (Å²) in [5.74, 6) is 0.520. The minimum absolute atomic E-state index is 0.296. The molecule has 0 N–H and O–H groups in total. The molecular weight excluding hydrogens is 290 g/mol. The van der Waals surface area contributed by atoms with E-state index in [-0.39, 0.29) is 41.9 Å². The standard InChI is InChI=1S/C17H32B2O4/c1-13(2)14(3,4)21-18(20-13)17(9,12-10-11-12)19-22-15(5,6)16(7,8)23-19/h12H,10-11H2,1-9H3. The fourth-order valence-corrected chi connectivity index (χ4v) is 3.40. The van der Waals surface area contributed by atoms with Gasteiger partial charge < -0.3 is 18.6 Å². The van der Waals surface area contributed by atoms with E-state index in [1.165, 1.54) is 12.8 Å². The average molecular weight is 322 g/mol. The van der Waals surface area contributed by atoms with Crippen molar-refractivity contribution in [3.05, 3.63) is 0 Å². The van der Waals surface area contributed by atoms with Crippen LogP contribution in [0.1, 0.15) is 75.2 Å². The Morgan fingerprint density at radius 3 is 1.13 bits per heavy atom. The maximum absolute atomic E-state index is 6.40. The van der Waals surface area contributed by atoms with E-state index in [0.29, 0.717) is 5.92 Å². The summed E-state index contributed by atoms with van der Waals surface area (Å²) in [5, 5.41) is -0.296. The summed E-state index contributed by atoms with van der Waals surface area (Å²) < 4.78 is 25.6. The zero-order valence-corrected chi connectivity index (χ0v) is 16.3. The van der Waals surface area contributed by atoms with Gasteiger partial charge in [0.15, 0.2) is 0 Å². The van der Waals surface area contributed by atoms with Gasteiger partial charge in [0.05, 0.1) is 22.4 Å². The second-order valence-electron chi connectivity index (χ2n) is 9.82. The maximum Gasteiger partial charge on any atom is 0.462 e. The number of hydrogen-bond donors (Lipinski definition) is 0. The SMILES string of the molecule is CC(B1OC(C)(C)C(C)(C)O1)(B1OC(C)(C)C(C)(C)O1)C1CC1. The molecule has 3 aliphatic rings. The van der Waals surface area contributed by atoms with Gasteiger partial charge in [-0.2, -0.15) is 0 Å². The fourth-order valence-electron chi connectivity index (χ4n) is 3.40. The summed E-state index contributed by atoms with van der Waals surface area (Å²) >= 11 is 0. The Hall–Kier alpha value is -0.0301. The summed E-state index contributed by atoms with van der Waals surface area (Å²) in [7, 11) is -0.621. The molecule has 0 bridgehead atoms. The van der Waals surface area contributed by atoms with E-state index < -0.39 is 0 Å². The van der Waals surface area contributed by atoms with E-state index in [2.05, 4.69) is 62.3 Å². The van der Waals surface area contributed by atoms with E-state index >= 15 is 0 Å². The third-order valence-corrected chi connectivity index (χ3v) is 6.98. The molecule has 23 heavy (non-hydrogen) atoms. The van der Waals surface area contributed by atoms with Crippen molar-refractivity contribution in [1.29, 1.82) is 0 Å². The lowest BCUT2D eigenvalue weighted by atomic mass is 9.37. The van der Waals surface area contributed by atoms with Crippen LogP contribution in [0.25, 0.3) is 0 Å². The zero-order chi connectivity index (χ0) is 17.5. The van der Waals surface area contributed by atoms with Crippen molar-refractivity contribution in [3.8, 4) is 0 Å². The highest BCUT2D eigenvalue weighted by molar-refractivity contribution is 6.71. The summed E-state index contributed by atoms with van der Waals surface area (Å²) in [6, 6.07) is 0. The molecule has 2 heterocycles. The van der Waals surface area contributed by atoms with Crippen LogP contribution >= 0.6 is 0 Å². The molecule has 0 radical (unpaired) electrons. The van der Waals surface area contributed by atoms with Gasteiger partial charge in [-0.15, -0.1) is 0 Å². The highest BCUT2D eigenvalue weighted by Crippen LogP contribution is 2.60. The molecule has 1 saturated carbocycles. The molecule has 0 atom stereocenters. The lowest BCUT2D eigenvalue weighted by molar-refractivity contribution is 0.00578. The van der Waals surface area contributed by atoms with Crippen LogP contribution in [0, 0.1) is 5.92 Å². The smallest absolute Gasteiger partial charge is 0.403 e. The Balaban J connectivity index is 1.91. The van der Waals surface area contributed by atoms with Crippen molar-refractivity contribution in [2.45, 2.75) is 103 Å². The summed E-state index contributed by atoms with van der Waals surface area (Å²) in [4.78, 5) is 0. The van der Waals surface area contributed by atoms with Crippen molar-refractivity contribution >= 4 is 14.2 Å². The molecule has 0 aromatic carbocycles. The molecule has 0 amide bonds. The van der Waals surface area contributed by atoms with E-state index in [1.807, 2.05) is 0 Å². The van der Waals surface area contributed by atoms with Crippen LogP contribution in [-0.2, 0) is 18.6 Å². The van der Waals surface area contributed by atoms with Gasteiger partial charge in [0.2, 0.25) is 0 Å². The predicted octanol–water partition coefficient (Wildman–Crippen LogP) is 3.88. The molecule has 0 aromatic heterocycles. The minimum atomic E-state index is -0.336. The molecule has 0 unspecified atom stereocenters. The summed E-state index contributed by atoms with van der Waals surface area (Å²) in [6.07, 6.45) is 2.37. The largest absolute Gasteiger partial charge is 0.462 e. The van der Waals surface area contributed by atoms with Crippen LogP contribution < -0.4 is 0 Å². The van der Waals surface area contributed by atoms with Crippen molar-refractivity contribution in [3.63, 3.8) is 0 Å². The quantitative estimate of drug-likeness (QED) is 0.739. The Bertz CT molecular complexity index is 429. The Morgan fingerprint density at radius 1 is 0.652 bits per heavy atom. The third kappa shape index (κ3) is 2.52. The van der Waals surface area contributed by atoms with Crippen LogP contribution in [0.5, 0.6) is 0 Å². The monoisotopic (exact) mass is 322 g/mol. The predicted molar refractivity (Wildman–Crippen MR) is 93.3 cm³/mol. The summed E-state index contributed by atoms with van der Waals surface area (Å²) in [5.41, 5.74) is -1.34. The van der Waals surface area contributed by atoms with Gasteiger partial charge in [-0.25, -0.2) is 0 Å². The van der Waals surface area contributed by atoms with Crippen molar-refractivity contribution < 1.29 is 18.6 Å². The fraction of sp³-hybridized carbons (Fsp3) is 1.00. The molecule has 2 saturated heterocycles. The lowest BCUT2D eigenvalue weighted by Gasteiger charge is -2.33. The molecule has 3 rings (SSSR count). The first-order valence-electron chi connectivity index (χ1n) is 8.94. The first-order valence-corrected chi connectivity index (χ1v) is 8.94. The second-order valence-corrected chi connectivity index (χ2v) is 9.82. The zero-order valence-electron chi connectivity index (χ0n) is 16.3. The van der Waals surface area contributed by atoms with E-state index in [9.17, 15) is 0 Å². The average Bonchev–Trinajstić information content (AvgIpc) is 3.12. The van der Waals surface area contributed by atoms with Crippen LogP contribution in [-0.4, -0.2) is 36.6 Å². The topological polar surface area (TPSA) is 36.9 Å². The van der Waals surface area contributed by atoms with E-state index in [0.717, 1.165) is 0 Å². The van der Waals surface area contributed by atoms with E-state index in [1.54, 1.807) is 0 Å². The van der Waals surface area contributed by atoms with Crippen LogP contribution in [0.15, 0.2) is 0 Å². The minimum Gasteiger partial charge on any atom is -0.403 e. The number of rotatable bonds is 3. The Morgan fingerprint density at radius 2 is 0.913 bits per heavy atom.